The van der Waals surface area contributed by atoms with Gasteiger partial charge >= 0.3 is 0 Å². The number of fused-ring (bicyclic) bond motifs is 1. The number of anilines is 2. The van der Waals surface area contributed by atoms with Crippen molar-refractivity contribution in [3.63, 3.8) is 0 Å². The Bertz CT molecular complexity index is 679. The molecule has 0 spiro atoms. The lowest BCUT2D eigenvalue weighted by Crippen LogP contribution is -2.08. The maximum Gasteiger partial charge on any atom is 0.124 e. The molecule has 3 aromatic rings. The van der Waals surface area contributed by atoms with Crippen molar-refractivity contribution in [1.29, 1.82) is 0 Å². The van der Waals surface area contributed by atoms with Gasteiger partial charge in [-0.1, -0.05) is 0 Å². The Kier molecular flexibility index (Phi) is 2.72. The highest BCUT2D eigenvalue weighted by atomic mass is 32.1. The number of thiophene rings is 1. The molecule has 0 amide bonds. The molecule has 0 atom stereocenters. The van der Waals surface area contributed by atoms with Gasteiger partial charge in [0, 0.05) is 40.6 Å². The molecule has 0 saturated heterocycles. The first-order valence-electron chi connectivity index (χ1n) is 5.56. The molecule has 1 aromatic carbocycles. The van der Waals surface area contributed by atoms with Crippen LogP contribution in [0.5, 0.6) is 0 Å². The maximum absolute atomic E-state index is 13.2. The molecule has 0 aliphatic rings. The number of hydrogen-bond acceptors (Lipinski definition) is 3. The zero-order valence-electron chi connectivity index (χ0n) is 9.80. The summed E-state index contributed by atoms with van der Waals surface area (Å²) < 4.78 is 14.1. The maximum atomic E-state index is 13.2. The molecule has 3 rings (SSSR count). The standard InChI is InChI=1S/C14H11FN2S/c1-17(11-4-6-16-7-5-11)13-9-18-14-8-10(15)2-3-12(13)14/h2-9H,1H3. The Hall–Kier alpha value is -1.94. The molecule has 2 heterocycles. The van der Waals surface area contributed by atoms with Gasteiger partial charge in [0.25, 0.3) is 0 Å². The zero-order valence-corrected chi connectivity index (χ0v) is 10.6. The van der Waals surface area contributed by atoms with Crippen molar-refractivity contribution in [3.05, 3.63) is 53.9 Å². The molecule has 0 unspecified atom stereocenters. The largest absolute Gasteiger partial charge is 0.343 e. The van der Waals surface area contributed by atoms with Crippen molar-refractivity contribution in [3.8, 4) is 0 Å². The Balaban J connectivity index is 2.10. The van der Waals surface area contributed by atoms with E-state index in [2.05, 4.69) is 9.88 Å². The Morgan fingerprint density at radius 1 is 1.17 bits per heavy atom. The van der Waals surface area contributed by atoms with Crippen LogP contribution in [0.4, 0.5) is 15.8 Å². The van der Waals surface area contributed by atoms with Gasteiger partial charge in [0.2, 0.25) is 0 Å². The highest BCUT2D eigenvalue weighted by Crippen LogP contribution is 2.35. The summed E-state index contributed by atoms with van der Waals surface area (Å²) in [4.78, 5) is 6.09. The van der Waals surface area contributed by atoms with Crippen LogP contribution in [0.3, 0.4) is 0 Å². The summed E-state index contributed by atoms with van der Waals surface area (Å²) in [5.41, 5.74) is 2.15. The van der Waals surface area contributed by atoms with E-state index in [1.54, 1.807) is 29.8 Å². The zero-order chi connectivity index (χ0) is 12.5. The van der Waals surface area contributed by atoms with Crippen LogP contribution < -0.4 is 4.90 Å². The summed E-state index contributed by atoms with van der Waals surface area (Å²) in [5.74, 6) is -0.192. The van der Waals surface area contributed by atoms with E-state index in [0.29, 0.717) is 0 Å². The number of nitrogens with zero attached hydrogens (tertiary/aromatic N) is 2. The lowest BCUT2D eigenvalue weighted by atomic mass is 10.2. The van der Waals surface area contributed by atoms with Crippen LogP contribution in [-0.2, 0) is 0 Å². The number of rotatable bonds is 2. The predicted molar refractivity (Wildman–Crippen MR) is 74.1 cm³/mol. The fourth-order valence-corrected chi connectivity index (χ4v) is 2.96. The molecular weight excluding hydrogens is 247 g/mol. The molecule has 0 aliphatic heterocycles. The van der Waals surface area contributed by atoms with Crippen LogP contribution in [0.1, 0.15) is 0 Å². The molecule has 18 heavy (non-hydrogen) atoms. The van der Waals surface area contributed by atoms with E-state index in [4.69, 9.17) is 0 Å². The van der Waals surface area contributed by atoms with Crippen LogP contribution in [0, 0.1) is 5.82 Å². The van der Waals surface area contributed by atoms with E-state index in [0.717, 1.165) is 21.5 Å². The van der Waals surface area contributed by atoms with Crippen molar-refractivity contribution in [2.24, 2.45) is 0 Å². The lowest BCUT2D eigenvalue weighted by Gasteiger charge is -2.18. The normalized spacial score (nSPS) is 10.8. The van der Waals surface area contributed by atoms with Crippen LogP contribution >= 0.6 is 11.3 Å². The minimum absolute atomic E-state index is 0.192. The van der Waals surface area contributed by atoms with Gasteiger partial charge in [0.1, 0.15) is 5.82 Å². The second-order valence-electron chi connectivity index (χ2n) is 4.03. The molecule has 0 fully saturated rings. The van der Waals surface area contributed by atoms with E-state index in [1.807, 2.05) is 30.6 Å². The summed E-state index contributed by atoms with van der Waals surface area (Å²) in [6, 6.07) is 8.80. The highest BCUT2D eigenvalue weighted by molar-refractivity contribution is 7.17. The third-order valence-electron chi connectivity index (χ3n) is 2.93. The van der Waals surface area contributed by atoms with Crippen LogP contribution in [0.15, 0.2) is 48.1 Å². The molecular formula is C14H11FN2S. The predicted octanol–water partition coefficient (Wildman–Crippen LogP) is 4.20. The topological polar surface area (TPSA) is 16.1 Å². The second kappa shape index (κ2) is 4.38. The van der Waals surface area contributed by atoms with Crippen molar-refractivity contribution in [2.45, 2.75) is 0 Å². The third-order valence-corrected chi connectivity index (χ3v) is 3.86. The summed E-state index contributed by atoms with van der Waals surface area (Å²) in [6.45, 7) is 0. The molecule has 2 nitrogen and oxygen atoms in total. The van der Waals surface area contributed by atoms with E-state index < -0.39 is 0 Å². The monoisotopic (exact) mass is 258 g/mol. The Labute approximate surface area is 108 Å². The molecule has 0 radical (unpaired) electrons. The summed E-state index contributed by atoms with van der Waals surface area (Å²) in [5, 5.41) is 3.12. The van der Waals surface area contributed by atoms with Crippen molar-refractivity contribution in [2.75, 3.05) is 11.9 Å². The van der Waals surface area contributed by atoms with Crippen molar-refractivity contribution < 1.29 is 4.39 Å². The number of benzene rings is 1. The third kappa shape index (κ3) is 1.84. The van der Waals surface area contributed by atoms with Gasteiger partial charge in [-0.3, -0.25) is 4.98 Å². The van der Waals surface area contributed by atoms with E-state index in [-0.39, 0.29) is 5.82 Å². The fraction of sp³-hybridized carbons (Fsp3) is 0.0714. The van der Waals surface area contributed by atoms with Crippen LogP contribution in [0.2, 0.25) is 0 Å². The van der Waals surface area contributed by atoms with E-state index in [9.17, 15) is 4.39 Å². The summed E-state index contributed by atoms with van der Waals surface area (Å²) in [7, 11) is 2.00. The van der Waals surface area contributed by atoms with Crippen molar-refractivity contribution in [1.82, 2.24) is 4.98 Å². The number of pyridine rings is 1. The smallest absolute Gasteiger partial charge is 0.124 e. The Morgan fingerprint density at radius 3 is 2.72 bits per heavy atom. The van der Waals surface area contributed by atoms with Gasteiger partial charge in [-0.25, -0.2) is 4.39 Å². The van der Waals surface area contributed by atoms with Gasteiger partial charge in [0.05, 0.1) is 5.69 Å². The van der Waals surface area contributed by atoms with Crippen LogP contribution in [-0.4, -0.2) is 12.0 Å². The number of halogens is 1. The number of aromatic nitrogens is 1. The molecule has 0 bridgehead atoms. The SMILES string of the molecule is CN(c1ccncc1)c1csc2cc(F)ccc12. The van der Waals surface area contributed by atoms with E-state index >= 15 is 0 Å². The molecule has 0 aliphatic carbocycles. The summed E-state index contributed by atoms with van der Waals surface area (Å²) >= 11 is 1.55. The molecule has 2 aromatic heterocycles. The Morgan fingerprint density at radius 2 is 1.94 bits per heavy atom. The minimum atomic E-state index is -0.192. The first kappa shape index (κ1) is 11.2. The quantitative estimate of drug-likeness (QED) is 0.684. The molecule has 90 valence electrons. The molecule has 4 heteroatoms. The van der Waals surface area contributed by atoms with E-state index in [1.165, 1.54) is 6.07 Å². The lowest BCUT2D eigenvalue weighted by molar-refractivity contribution is 0.630. The minimum Gasteiger partial charge on any atom is -0.343 e. The number of hydrogen-bond donors (Lipinski definition) is 0. The van der Waals surface area contributed by atoms with Gasteiger partial charge in [-0.2, -0.15) is 0 Å². The molecule has 0 N–H and O–H groups in total. The van der Waals surface area contributed by atoms with Gasteiger partial charge in [-0.05, 0) is 30.3 Å². The highest BCUT2D eigenvalue weighted by Gasteiger charge is 2.10. The van der Waals surface area contributed by atoms with Crippen molar-refractivity contribution >= 4 is 32.8 Å². The fourth-order valence-electron chi connectivity index (χ4n) is 1.95. The first-order chi connectivity index (χ1) is 8.75. The second-order valence-corrected chi connectivity index (χ2v) is 4.94. The first-order valence-corrected chi connectivity index (χ1v) is 6.44. The molecule has 0 saturated carbocycles. The van der Waals surface area contributed by atoms with Gasteiger partial charge < -0.3 is 4.90 Å². The van der Waals surface area contributed by atoms with Gasteiger partial charge in [-0.15, -0.1) is 11.3 Å². The van der Waals surface area contributed by atoms with Crippen LogP contribution in [0.25, 0.3) is 10.1 Å². The van der Waals surface area contributed by atoms with Gasteiger partial charge in [0.15, 0.2) is 0 Å². The average Bonchev–Trinajstić information content (AvgIpc) is 2.81. The summed E-state index contributed by atoms with van der Waals surface area (Å²) in [6.07, 6.45) is 3.53. The average molecular weight is 258 g/mol.